The first-order valence-electron chi connectivity index (χ1n) is 9.19. The van der Waals surface area contributed by atoms with Gasteiger partial charge in [-0.05, 0) is 37.1 Å². The molecule has 0 aliphatic heterocycles. The molecule has 3 aromatic rings. The number of hydrogen-bond acceptors (Lipinski definition) is 5. The van der Waals surface area contributed by atoms with Gasteiger partial charge in [-0.25, -0.2) is 9.18 Å². The van der Waals surface area contributed by atoms with Crippen molar-refractivity contribution < 1.29 is 18.5 Å². The summed E-state index contributed by atoms with van der Waals surface area (Å²) in [6.07, 6.45) is 0.596. The van der Waals surface area contributed by atoms with Crippen molar-refractivity contribution in [3.05, 3.63) is 74.5 Å². The summed E-state index contributed by atoms with van der Waals surface area (Å²) in [5.74, 6) is -1.08. The molecule has 0 radical (unpaired) electrons. The Morgan fingerprint density at radius 3 is 2.76 bits per heavy atom. The number of amides is 1. The van der Waals surface area contributed by atoms with Gasteiger partial charge in [0, 0.05) is 32.1 Å². The number of fused-ring (bicyclic) bond motifs is 1. The van der Waals surface area contributed by atoms with Crippen molar-refractivity contribution >= 4 is 22.7 Å². The smallest absolute Gasteiger partial charge is 0.407 e. The number of benzene rings is 2. The summed E-state index contributed by atoms with van der Waals surface area (Å²) in [7, 11) is 0. The number of hydrogen-bond donors (Lipinski definition) is 0. The quantitative estimate of drug-likeness (QED) is 0.425. The van der Waals surface area contributed by atoms with Crippen molar-refractivity contribution in [1.82, 2.24) is 9.47 Å². The molecular formula is C20H20FN3O5. The Balaban J connectivity index is 1.64. The molecule has 0 atom stereocenters. The standard InChI is InChI=1S/C20H20FN3O5/c1-2-22(13-14-5-3-6-15(21)11-14)19(25)7-4-10-23-17-9-8-16(24(27)28)12-18(17)29-20(23)26/h3,5-6,8-9,11-12H,2,4,7,10,13H2,1H3. The van der Waals surface area contributed by atoms with Gasteiger partial charge in [0.15, 0.2) is 5.58 Å². The van der Waals surface area contributed by atoms with Gasteiger partial charge in [0.2, 0.25) is 5.91 Å². The number of carbonyl (C=O) groups excluding carboxylic acids is 1. The number of non-ortho nitro benzene ring substituents is 1. The monoisotopic (exact) mass is 401 g/mol. The fourth-order valence-corrected chi connectivity index (χ4v) is 3.16. The molecule has 9 heteroatoms. The zero-order valence-electron chi connectivity index (χ0n) is 15.8. The summed E-state index contributed by atoms with van der Waals surface area (Å²) in [5.41, 5.74) is 1.13. The molecule has 8 nitrogen and oxygen atoms in total. The van der Waals surface area contributed by atoms with Crippen LogP contribution in [-0.2, 0) is 17.9 Å². The van der Waals surface area contributed by atoms with Gasteiger partial charge in [-0.1, -0.05) is 12.1 Å². The molecular weight excluding hydrogens is 381 g/mol. The molecule has 0 saturated carbocycles. The molecule has 0 saturated heterocycles. The highest BCUT2D eigenvalue weighted by molar-refractivity contribution is 5.77. The molecule has 1 amide bonds. The van der Waals surface area contributed by atoms with E-state index in [4.69, 9.17) is 4.42 Å². The maximum atomic E-state index is 13.3. The molecule has 0 fully saturated rings. The molecule has 0 aliphatic rings. The predicted molar refractivity (Wildman–Crippen MR) is 104 cm³/mol. The van der Waals surface area contributed by atoms with Crippen LogP contribution in [0.2, 0.25) is 0 Å². The largest absolute Gasteiger partial charge is 0.419 e. The van der Waals surface area contributed by atoms with Crippen LogP contribution in [-0.4, -0.2) is 26.8 Å². The molecule has 152 valence electrons. The van der Waals surface area contributed by atoms with Crippen molar-refractivity contribution in [2.75, 3.05) is 6.54 Å². The Labute approximate surface area is 165 Å². The van der Waals surface area contributed by atoms with Crippen LogP contribution in [0.5, 0.6) is 0 Å². The Bertz CT molecular complexity index is 1100. The number of carbonyl (C=O) groups is 1. The lowest BCUT2D eigenvalue weighted by molar-refractivity contribution is -0.384. The molecule has 0 unspecified atom stereocenters. The highest BCUT2D eigenvalue weighted by Gasteiger charge is 2.16. The minimum Gasteiger partial charge on any atom is -0.407 e. The van der Waals surface area contributed by atoms with E-state index in [0.717, 1.165) is 0 Å². The maximum absolute atomic E-state index is 13.3. The van der Waals surface area contributed by atoms with E-state index in [-0.39, 0.29) is 36.0 Å². The summed E-state index contributed by atoms with van der Waals surface area (Å²) in [6.45, 7) is 2.88. The van der Waals surface area contributed by atoms with E-state index in [1.807, 2.05) is 6.92 Å². The molecule has 1 heterocycles. The number of nitrogens with zero attached hydrogens (tertiary/aromatic N) is 3. The van der Waals surface area contributed by atoms with E-state index >= 15 is 0 Å². The van der Waals surface area contributed by atoms with Gasteiger partial charge in [0.25, 0.3) is 5.69 Å². The number of halogens is 1. The van der Waals surface area contributed by atoms with Crippen molar-refractivity contribution in [3.63, 3.8) is 0 Å². The first-order valence-corrected chi connectivity index (χ1v) is 9.19. The van der Waals surface area contributed by atoms with E-state index in [0.29, 0.717) is 30.6 Å². The average molecular weight is 401 g/mol. The molecule has 2 aromatic carbocycles. The number of oxazole rings is 1. The zero-order chi connectivity index (χ0) is 21.0. The Morgan fingerprint density at radius 1 is 1.28 bits per heavy atom. The highest BCUT2D eigenvalue weighted by atomic mass is 19.1. The van der Waals surface area contributed by atoms with Crippen LogP contribution in [0.1, 0.15) is 25.3 Å². The van der Waals surface area contributed by atoms with E-state index in [2.05, 4.69) is 0 Å². The lowest BCUT2D eigenvalue weighted by Crippen LogP contribution is -2.30. The third-order valence-electron chi connectivity index (χ3n) is 4.63. The van der Waals surface area contributed by atoms with Crippen LogP contribution < -0.4 is 5.76 Å². The first kappa shape index (κ1) is 20.2. The van der Waals surface area contributed by atoms with E-state index in [1.165, 1.54) is 34.9 Å². The van der Waals surface area contributed by atoms with Gasteiger partial charge in [0.05, 0.1) is 16.5 Å². The zero-order valence-corrected chi connectivity index (χ0v) is 15.8. The fourth-order valence-electron chi connectivity index (χ4n) is 3.16. The highest BCUT2D eigenvalue weighted by Crippen LogP contribution is 2.20. The summed E-state index contributed by atoms with van der Waals surface area (Å²) < 4.78 is 19.8. The number of aromatic nitrogens is 1. The van der Waals surface area contributed by atoms with Gasteiger partial charge in [0.1, 0.15) is 5.82 Å². The van der Waals surface area contributed by atoms with Gasteiger partial charge in [-0.3, -0.25) is 19.5 Å². The SMILES string of the molecule is CCN(Cc1cccc(F)c1)C(=O)CCCn1c(=O)oc2cc([N+](=O)[O-])ccc21. The summed E-state index contributed by atoms with van der Waals surface area (Å²) in [6, 6.07) is 10.1. The predicted octanol–water partition coefficient (Wildman–Crippen LogP) is 3.47. The summed E-state index contributed by atoms with van der Waals surface area (Å²) in [4.78, 5) is 36.5. The maximum Gasteiger partial charge on any atom is 0.419 e. The number of aryl methyl sites for hydroxylation is 1. The van der Waals surface area contributed by atoms with Crippen LogP contribution in [0.4, 0.5) is 10.1 Å². The lowest BCUT2D eigenvalue weighted by atomic mass is 10.2. The molecule has 0 spiro atoms. The molecule has 0 N–H and O–H groups in total. The second kappa shape index (κ2) is 8.68. The van der Waals surface area contributed by atoms with E-state index in [1.54, 1.807) is 17.0 Å². The van der Waals surface area contributed by atoms with Crippen molar-refractivity contribution in [1.29, 1.82) is 0 Å². The van der Waals surface area contributed by atoms with Crippen molar-refractivity contribution in [2.45, 2.75) is 32.9 Å². The molecule has 3 rings (SSSR count). The third-order valence-corrected chi connectivity index (χ3v) is 4.63. The second-order valence-electron chi connectivity index (χ2n) is 6.57. The number of nitro benzene ring substituents is 1. The van der Waals surface area contributed by atoms with Gasteiger partial charge < -0.3 is 9.32 Å². The topological polar surface area (TPSA) is 98.6 Å². The molecule has 0 bridgehead atoms. The summed E-state index contributed by atoms with van der Waals surface area (Å²) in [5, 5.41) is 10.8. The lowest BCUT2D eigenvalue weighted by Gasteiger charge is -2.21. The molecule has 29 heavy (non-hydrogen) atoms. The minimum atomic E-state index is -0.625. The van der Waals surface area contributed by atoms with E-state index in [9.17, 15) is 24.1 Å². The molecule has 0 aliphatic carbocycles. The van der Waals surface area contributed by atoms with Crippen LogP contribution >= 0.6 is 0 Å². The first-order chi connectivity index (χ1) is 13.9. The fraction of sp³-hybridized carbons (Fsp3) is 0.300. The van der Waals surface area contributed by atoms with Gasteiger partial charge in [-0.15, -0.1) is 0 Å². The van der Waals surface area contributed by atoms with Crippen LogP contribution in [0, 0.1) is 15.9 Å². The average Bonchev–Trinajstić information content (AvgIpc) is 3.00. The van der Waals surface area contributed by atoms with Crippen LogP contribution in [0.3, 0.4) is 0 Å². The Morgan fingerprint density at radius 2 is 2.07 bits per heavy atom. The molecule has 1 aromatic heterocycles. The normalized spacial score (nSPS) is 11.0. The number of rotatable bonds is 8. The van der Waals surface area contributed by atoms with Crippen LogP contribution in [0.15, 0.2) is 51.7 Å². The van der Waals surface area contributed by atoms with Crippen molar-refractivity contribution in [3.8, 4) is 0 Å². The third kappa shape index (κ3) is 4.68. The number of nitro groups is 1. The van der Waals surface area contributed by atoms with Gasteiger partial charge >= 0.3 is 5.76 Å². The van der Waals surface area contributed by atoms with Gasteiger partial charge in [-0.2, -0.15) is 0 Å². The van der Waals surface area contributed by atoms with Crippen molar-refractivity contribution in [2.24, 2.45) is 0 Å². The Hall–Kier alpha value is -3.49. The summed E-state index contributed by atoms with van der Waals surface area (Å²) >= 11 is 0. The van der Waals surface area contributed by atoms with E-state index < -0.39 is 10.7 Å². The van der Waals surface area contributed by atoms with Crippen LogP contribution in [0.25, 0.3) is 11.1 Å². The minimum absolute atomic E-state index is 0.103. The Kier molecular flexibility index (Phi) is 6.06. The second-order valence-corrected chi connectivity index (χ2v) is 6.57.